The number of hydrogen-bond donors (Lipinski definition) is 2. The lowest BCUT2D eigenvalue weighted by Gasteiger charge is -2.11. The minimum Gasteiger partial charge on any atom is -0.497 e. The lowest BCUT2D eigenvalue weighted by atomic mass is 10.1. The maximum Gasteiger partial charge on any atom is 0.255 e. The summed E-state index contributed by atoms with van der Waals surface area (Å²) in [5.74, 6) is 0.735. The standard InChI is InChI=1S/C20H24N2O4/c1-13(2)19(23)22-15-7-5-14(6-8-15)12-21-20(24)17-10-9-16(25-3)11-18(17)26-4/h5-11,13H,12H2,1-4H3,(H,21,24)(H,22,23). The molecule has 138 valence electrons. The summed E-state index contributed by atoms with van der Waals surface area (Å²) in [5, 5.41) is 5.69. The molecule has 0 aliphatic rings. The van der Waals surface area contributed by atoms with Crippen molar-refractivity contribution in [2.24, 2.45) is 5.92 Å². The average molecular weight is 356 g/mol. The number of carbonyl (C=O) groups excluding carboxylic acids is 2. The number of nitrogens with one attached hydrogen (secondary N) is 2. The molecule has 2 N–H and O–H groups in total. The molecule has 6 nitrogen and oxygen atoms in total. The molecule has 2 amide bonds. The van der Waals surface area contributed by atoms with E-state index in [1.165, 1.54) is 7.11 Å². The van der Waals surface area contributed by atoms with Crippen molar-refractivity contribution in [2.75, 3.05) is 19.5 Å². The Labute approximate surface area is 153 Å². The van der Waals surface area contributed by atoms with E-state index >= 15 is 0 Å². The highest BCUT2D eigenvalue weighted by Gasteiger charge is 2.13. The van der Waals surface area contributed by atoms with Crippen molar-refractivity contribution in [3.8, 4) is 11.5 Å². The molecule has 2 aromatic carbocycles. The van der Waals surface area contributed by atoms with E-state index in [0.29, 0.717) is 23.6 Å². The summed E-state index contributed by atoms with van der Waals surface area (Å²) < 4.78 is 10.4. The van der Waals surface area contributed by atoms with Gasteiger partial charge in [-0.05, 0) is 29.8 Å². The number of ether oxygens (including phenoxy) is 2. The molecule has 0 atom stereocenters. The first-order valence-corrected chi connectivity index (χ1v) is 8.34. The van der Waals surface area contributed by atoms with Crippen molar-refractivity contribution in [1.82, 2.24) is 5.32 Å². The zero-order chi connectivity index (χ0) is 19.1. The van der Waals surface area contributed by atoms with Crippen molar-refractivity contribution in [2.45, 2.75) is 20.4 Å². The smallest absolute Gasteiger partial charge is 0.255 e. The molecule has 0 aromatic heterocycles. The van der Waals surface area contributed by atoms with E-state index in [2.05, 4.69) is 10.6 Å². The molecular formula is C20H24N2O4. The SMILES string of the molecule is COc1ccc(C(=O)NCc2ccc(NC(=O)C(C)C)cc2)c(OC)c1. The van der Waals surface area contributed by atoms with Gasteiger partial charge in [0.2, 0.25) is 5.91 Å². The third-order valence-electron chi connectivity index (χ3n) is 3.85. The predicted molar refractivity (Wildman–Crippen MR) is 101 cm³/mol. The second-order valence-electron chi connectivity index (χ2n) is 6.09. The maximum absolute atomic E-state index is 12.4. The quantitative estimate of drug-likeness (QED) is 0.798. The van der Waals surface area contributed by atoms with Gasteiger partial charge in [0.05, 0.1) is 19.8 Å². The molecule has 0 aliphatic heterocycles. The van der Waals surface area contributed by atoms with Crippen LogP contribution in [0.5, 0.6) is 11.5 Å². The van der Waals surface area contributed by atoms with Gasteiger partial charge >= 0.3 is 0 Å². The molecule has 0 fully saturated rings. The molecule has 0 spiro atoms. The van der Waals surface area contributed by atoms with Crippen LogP contribution in [0.3, 0.4) is 0 Å². The van der Waals surface area contributed by atoms with Crippen LogP contribution in [0.25, 0.3) is 0 Å². The molecule has 0 saturated carbocycles. The molecule has 0 aliphatic carbocycles. The van der Waals surface area contributed by atoms with Gasteiger partial charge in [0, 0.05) is 24.2 Å². The van der Waals surface area contributed by atoms with E-state index in [1.54, 1.807) is 25.3 Å². The summed E-state index contributed by atoms with van der Waals surface area (Å²) in [6.45, 7) is 4.05. The summed E-state index contributed by atoms with van der Waals surface area (Å²) in [6, 6.07) is 12.4. The van der Waals surface area contributed by atoms with Crippen LogP contribution >= 0.6 is 0 Å². The second-order valence-corrected chi connectivity index (χ2v) is 6.09. The summed E-state index contributed by atoms with van der Waals surface area (Å²) in [7, 11) is 3.07. The van der Waals surface area contributed by atoms with Crippen molar-refractivity contribution in [3.05, 3.63) is 53.6 Å². The zero-order valence-electron chi connectivity index (χ0n) is 15.5. The number of carbonyl (C=O) groups is 2. The van der Waals surface area contributed by atoms with Gasteiger partial charge in [-0.2, -0.15) is 0 Å². The highest BCUT2D eigenvalue weighted by Crippen LogP contribution is 2.24. The lowest BCUT2D eigenvalue weighted by molar-refractivity contribution is -0.118. The molecule has 2 rings (SSSR count). The topological polar surface area (TPSA) is 76.7 Å². The van der Waals surface area contributed by atoms with Gasteiger partial charge in [0.1, 0.15) is 11.5 Å². The van der Waals surface area contributed by atoms with Crippen LogP contribution in [-0.2, 0) is 11.3 Å². The maximum atomic E-state index is 12.4. The molecule has 6 heteroatoms. The Bertz CT molecular complexity index is 770. The van der Waals surface area contributed by atoms with E-state index in [1.807, 2.05) is 38.1 Å². The number of benzene rings is 2. The monoisotopic (exact) mass is 356 g/mol. The van der Waals surface area contributed by atoms with Gasteiger partial charge in [-0.3, -0.25) is 9.59 Å². The minimum atomic E-state index is -0.235. The van der Waals surface area contributed by atoms with Crippen LogP contribution in [0.4, 0.5) is 5.69 Å². The second kappa shape index (κ2) is 8.89. The van der Waals surface area contributed by atoms with E-state index in [4.69, 9.17) is 9.47 Å². The fourth-order valence-electron chi connectivity index (χ4n) is 2.26. The van der Waals surface area contributed by atoms with Gasteiger partial charge in [-0.1, -0.05) is 26.0 Å². The van der Waals surface area contributed by atoms with Crippen LogP contribution in [0.2, 0.25) is 0 Å². The Kier molecular flexibility index (Phi) is 6.60. The largest absolute Gasteiger partial charge is 0.497 e. The fraction of sp³-hybridized carbons (Fsp3) is 0.300. The first-order chi connectivity index (χ1) is 12.4. The summed E-state index contributed by atoms with van der Waals surface area (Å²) in [5.41, 5.74) is 2.10. The number of hydrogen-bond acceptors (Lipinski definition) is 4. The highest BCUT2D eigenvalue weighted by atomic mass is 16.5. The molecule has 26 heavy (non-hydrogen) atoms. The fourth-order valence-corrected chi connectivity index (χ4v) is 2.26. The average Bonchev–Trinajstić information content (AvgIpc) is 2.66. The van der Waals surface area contributed by atoms with Gasteiger partial charge in [0.15, 0.2) is 0 Å². The van der Waals surface area contributed by atoms with Crippen molar-refractivity contribution in [3.63, 3.8) is 0 Å². The van der Waals surface area contributed by atoms with Gasteiger partial charge in [0.25, 0.3) is 5.91 Å². The van der Waals surface area contributed by atoms with Crippen LogP contribution in [0.15, 0.2) is 42.5 Å². The molecule has 0 bridgehead atoms. The Morgan fingerprint density at radius 2 is 1.69 bits per heavy atom. The normalized spacial score (nSPS) is 10.3. The van der Waals surface area contributed by atoms with Gasteiger partial charge < -0.3 is 20.1 Å². The summed E-state index contributed by atoms with van der Waals surface area (Å²) in [4.78, 5) is 24.1. The third kappa shape index (κ3) is 4.99. The van der Waals surface area contributed by atoms with Gasteiger partial charge in [-0.25, -0.2) is 0 Å². The summed E-state index contributed by atoms with van der Waals surface area (Å²) in [6.07, 6.45) is 0. The summed E-state index contributed by atoms with van der Waals surface area (Å²) >= 11 is 0. The van der Waals surface area contributed by atoms with E-state index < -0.39 is 0 Å². The lowest BCUT2D eigenvalue weighted by Crippen LogP contribution is -2.23. The van der Waals surface area contributed by atoms with Gasteiger partial charge in [-0.15, -0.1) is 0 Å². The van der Waals surface area contributed by atoms with Crippen molar-refractivity contribution < 1.29 is 19.1 Å². The molecular weight excluding hydrogens is 332 g/mol. The first-order valence-electron chi connectivity index (χ1n) is 8.34. The Morgan fingerprint density at radius 3 is 2.27 bits per heavy atom. The Balaban J connectivity index is 1.98. The molecule has 0 radical (unpaired) electrons. The van der Waals surface area contributed by atoms with E-state index in [0.717, 1.165) is 11.3 Å². The van der Waals surface area contributed by atoms with Crippen molar-refractivity contribution in [1.29, 1.82) is 0 Å². The van der Waals surface area contributed by atoms with Crippen LogP contribution < -0.4 is 20.1 Å². The number of methoxy groups -OCH3 is 2. The van der Waals surface area contributed by atoms with E-state index in [-0.39, 0.29) is 17.7 Å². The van der Waals surface area contributed by atoms with Crippen LogP contribution in [0.1, 0.15) is 29.8 Å². The van der Waals surface area contributed by atoms with Crippen LogP contribution in [-0.4, -0.2) is 26.0 Å². The molecule has 0 unspecified atom stereocenters. The Hall–Kier alpha value is -3.02. The first kappa shape index (κ1) is 19.3. The molecule has 2 aromatic rings. The number of amides is 2. The highest BCUT2D eigenvalue weighted by molar-refractivity contribution is 5.97. The van der Waals surface area contributed by atoms with Crippen LogP contribution in [0, 0.1) is 5.92 Å². The van der Waals surface area contributed by atoms with Crippen molar-refractivity contribution >= 4 is 17.5 Å². The zero-order valence-corrected chi connectivity index (χ0v) is 15.5. The Morgan fingerprint density at radius 1 is 1.00 bits per heavy atom. The third-order valence-corrected chi connectivity index (χ3v) is 3.85. The minimum absolute atomic E-state index is 0.0300. The molecule has 0 saturated heterocycles. The predicted octanol–water partition coefficient (Wildman–Crippen LogP) is 3.23. The molecule has 0 heterocycles. The number of anilines is 1. The van der Waals surface area contributed by atoms with E-state index in [9.17, 15) is 9.59 Å². The number of rotatable bonds is 7.